The number of methoxy groups -OCH3 is 3. The van der Waals surface area contributed by atoms with Crippen molar-refractivity contribution in [2.24, 2.45) is 0 Å². The molecule has 0 amide bonds. The highest BCUT2D eigenvalue weighted by atomic mass is 79.9. The fraction of sp³-hybridized carbons (Fsp3) is 0.471. The number of hydrogen-bond acceptors (Lipinski definition) is 4. The van der Waals surface area contributed by atoms with Crippen molar-refractivity contribution < 1.29 is 19.0 Å². The molecule has 0 radical (unpaired) electrons. The number of allylic oxidation sites excluding steroid dienone is 2. The first-order chi connectivity index (χ1) is 10.6. The van der Waals surface area contributed by atoms with Crippen molar-refractivity contribution in [2.45, 2.75) is 32.1 Å². The topological polar surface area (TPSA) is 44.8 Å². The van der Waals surface area contributed by atoms with E-state index in [0.29, 0.717) is 12.4 Å². The van der Waals surface area contributed by atoms with E-state index in [2.05, 4.69) is 33.7 Å². The van der Waals surface area contributed by atoms with Gasteiger partial charge in [0.1, 0.15) is 11.5 Å². The fourth-order valence-electron chi connectivity index (χ4n) is 2.61. The Hall–Kier alpha value is -1.49. The second-order valence-corrected chi connectivity index (χ2v) is 5.98. The average Bonchev–Trinajstić information content (AvgIpc) is 2.54. The van der Waals surface area contributed by atoms with Gasteiger partial charge in [-0.15, -0.1) is 0 Å². The Labute approximate surface area is 140 Å². The van der Waals surface area contributed by atoms with Crippen LogP contribution in [-0.2, 0) is 9.53 Å². The summed E-state index contributed by atoms with van der Waals surface area (Å²) in [5, 5.41) is 0. The fourth-order valence-corrected chi connectivity index (χ4v) is 3.03. The van der Waals surface area contributed by atoms with Gasteiger partial charge in [0.25, 0.3) is 6.47 Å². The minimum absolute atomic E-state index is 0.375. The van der Waals surface area contributed by atoms with Gasteiger partial charge in [-0.3, -0.25) is 4.79 Å². The van der Waals surface area contributed by atoms with Gasteiger partial charge >= 0.3 is 0 Å². The molecule has 0 aromatic heterocycles. The standard InChI is InChI=1S/C15H19BrO2.C2H4O2/c1-10-5-4-6-11(7-10)15-13(17-2)8-12(16)9-14(15)18-3;1-4-2-3/h7-9,11H,4-6H2,1-3H3;2H,1H3. The molecule has 1 aromatic rings. The van der Waals surface area contributed by atoms with E-state index in [4.69, 9.17) is 14.3 Å². The highest BCUT2D eigenvalue weighted by Gasteiger charge is 2.22. The molecular weight excluding hydrogens is 348 g/mol. The average molecular weight is 371 g/mol. The van der Waals surface area contributed by atoms with Crippen LogP contribution in [0.3, 0.4) is 0 Å². The van der Waals surface area contributed by atoms with E-state index in [-0.39, 0.29) is 0 Å². The summed E-state index contributed by atoms with van der Waals surface area (Å²) in [5.41, 5.74) is 2.63. The van der Waals surface area contributed by atoms with Gasteiger partial charge in [0.15, 0.2) is 0 Å². The summed E-state index contributed by atoms with van der Waals surface area (Å²) in [5.74, 6) is 2.20. The van der Waals surface area contributed by atoms with Crippen LogP contribution in [0.2, 0.25) is 0 Å². The molecule has 22 heavy (non-hydrogen) atoms. The molecule has 0 spiro atoms. The largest absolute Gasteiger partial charge is 0.496 e. The molecule has 1 aliphatic carbocycles. The second kappa shape index (κ2) is 9.51. The highest BCUT2D eigenvalue weighted by molar-refractivity contribution is 9.10. The first-order valence-corrected chi connectivity index (χ1v) is 7.91. The lowest BCUT2D eigenvalue weighted by molar-refractivity contribution is -0.126. The van der Waals surface area contributed by atoms with E-state index in [1.807, 2.05) is 12.1 Å². The SMILES string of the molecule is COC=O.COc1cc(Br)cc(OC)c1C1C=C(C)CCC1. The predicted molar refractivity (Wildman–Crippen MR) is 90.7 cm³/mol. The zero-order valence-corrected chi connectivity index (χ0v) is 15.1. The zero-order valence-electron chi connectivity index (χ0n) is 13.5. The lowest BCUT2D eigenvalue weighted by atomic mass is 9.85. The number of halogens is 1. The van der Waals surface area contributed by atoms with Crippen LogP contribution < -0.4 is 9.47 Å². The van der Waals surface area contributed by atoms with Crippen LogP contribution in [0.15, 0.2) is 28.3 Å². The van der Waals surface area contributed by atoms with Crippen molar-refractivity contribution in [1.82, 2.24) is 0 Å². The lowest BCUT2D eigenvalue weighted by Gasteiger charge is -2.24. The summed E-state index contributed by atoms with van der Waals surface area (Å²) < 4.78 is 15.9. The molecule has 0 saturated heterocycles. The van der Waals surface area contributed by atoms with Crippen LogP contribution in [0, 0.1) is 0 Å². The second-order valence-electron chi connectivity index (χ2n) is 5.07. The van der Waals surface area contributed by atoms with Crippen molar-refractivity contribution in [3.05, 3.63) is 33.8 Å². The maximum atomic E-state index is 8.95. The summed E-state index contributed by atoms with van der Waals surface area (Å²) in [7, 11) is 4.74. The Balaban J connectivity index is 0.000000541. The van der Waals surface area contributed by atoms with Gasteiger partial charge in [0.05, 0.1) is 21.3 Å². The van der Waals surface area contributed by atoms with Crippen LogP contribution in [0.5, 0.6) is 11.5 Å². The number of benzene rings is 1. The van der Waals surface area contributed by atoms with Gasteiger partial charge in [0, 0.05) is 16.0 Å². The Morgan fingerprint density at radius 2 is 1.73 bits per heavy atom. The number of hydrogen-bond donors (Lipinski definition) is 0. The summed E-state index contributed by atoms with van der Waals surface area (Å²) in [6.07, 6.45) is 5.94. The van der Waals surface area contributed by atoms with E-state index in [1.54, 1.807) is 14.2 Å². The number of ether oxygens (including phenoxy) is 3. The van der Waals surface area contributed by atoms with Gasteiger partial charge in [-0.05, 0) is 38.3 Å². The van der Waals surface area contributed by atoms with Crippen LogP contribution in [-0.4, -0.2) is 27.8 Å². The molecule has 2 rings (SSSR count). The molecular formula is C17H23BrO4. The van der Waals surface area contributed by atoms with Crippen LogP contribution in [0.25, 0.3) is 0 Å². The molecule has 0 aliphatic heterocycles. The Bertz CT molecular complexity index is 500. The van der Waals surface area contributed by atoms with E-state index in [9.17, 15) is 0 Å². The monoisotopic (exact) mass is 370 g/mol. The third kappa shape index (κ3) is 5.05. The maximum absolute atomic E-state index is 8.95. The molecule has 1 atom stereocenters. The molecule has 122 valence electrons. The number of rotatable bonds is 4. The van der Waals surface area contributed by atoms with Crippen molar-refractivity contribution in [3.8, 4) is 11.5 Å². The van der Waals surface area contributed by atoms with Crippen molar-refractivity contribution in [2.75, 3.05) is 21.3 Å². The Morgan fingerprint density at radius 3 is 2.14 bits per heavy atom. The maximum Gasteiger partial charge on any atom is 0.292 e. The molecule has 4 nitrogen and oxygen atoms in total. The van der Waals surface area contributed by atoms with Crippen LogP contribution in [0.1, 0.15) is 37.7 Å². The zero-order chi connectivity index (χ0) is 16.5. The molecule has 0 fully saturated rings. The lowest BCUT2D eigenvalue weighted by Crippen LogP contribution is -2.06. The van der Waals surface area contributed by atoms with Crippen molar-refractivity contribution in [3.63, 3.8) is 0 Å². The third-order valence-corrected chi connectivity index (χ3v) is 4.01. The first kappa shape index (κ1) is 18.6. The first-order valence-electron chi connectivity index (χ1n) is 7.12. The van der Waals surface area contributed by atoms with Gasteiger partial charge < -0.3 is 14.2 Å². The van der Waals surface area contributed by atoms with Crippen LogP contribution >= 0.6 is 15.9 Å². The molecule has 1 unspecified atom stereocenters. The van der Waals surface area contributed by atoms with Crippen LogP contribution in [0.4, 0.5) is 0 Å². The molecule has 0 N–H and O–H groups in total. The van der Waals surface area contributed by atoms with Gasteiger partial charge in [0.2, 0.25) is 0 Å². The summed E-state index contributed by atoms with van der Waals surface area (Å²) in [6.45, 7) is 2.57. The molecule has 0 saturated carbocycles. The molecule has 1 aromatic carbocycles. The van der Waals surface area contributed by atoms with Gasteiger partial charge in [-0.25, -0.2) is 0 Å². The number of carbonyl (C=O) groups excluding carboxylic acids is 1. The Morgan fingerprint density at radius 1 is 1.18 bits per heavy atom. The van der Waals surface area contributed by atoms with E-state index in [1.165, 1.54) is 31.1 Å². The summed E-state index contributed by atoms with van der Waals surface area (Å²) in [6, 6.07) is 4.02. The molecule has 0 heterocycles. The highest BCUT2D eigenvalue weighted by Crippen LogP contribution is 2.43. The van der Waals surface area contributed by atoms with Gasteiger partial charge in [-0.2, -0.15) is 0 Å². The molecule has 1 aliphatic rings. The normalized spacial score (nSPS) is 16.8. The summed E-state index contributed by atoms with van der Waals surface area (Å²) >= 11 is 3.49. The quantitative estimate of drug-likeness (QED) is 0.579. The molecule has 0 bridgehead atoms. The van der Waals surface area contributed by atoms with Gasteiger partial charge in [-0.1, -0.05) is 27.6 Å². The minimum atomic E-state index is 0.375. The van der Waals surface area contributed by atoms with E-state index < -0.39 is 0 Å². The minimum Gasteiger partial charge on any atom is -0.496 e. The smallest absolute Gasteiger partial charge is 0.292 e. The molecule has 5 heteroatoms. The summed E-state index contributed by atoms with van der Waals surface area (Å²) in [4.78, 5) is 8.95. The van der Waals surface area contributed by atoms with Crippen molar-refractivity contribution in [1.29, 1.82) is 0 Å². The predicted octanol–water partition coefficient (Wildman–Crippen LogP) is 4.47. The van der Waals surface area contributed by atoms with E-state index in [0.717, 1.165) is 22.4 Å². The Kier molecular flexibility index (Phi) is 8.02. The van der Waals surface area contributed by atoms with Crippen molar-refractivity contribution >= 4 is 22.4 Å². The van der Waals surface area contributed by atoms with E-state index >= 15 is 0 Å². The number of carbonyl (C=O) groups is 1. The third-order valence-electron chi connectivity index (χ3n) is 3.55.